The highest BCUT2D eigenvalue weighted by Crippen LogP contribution is 2.38. The third kappa shape index (κ3) is 2.44. The summed E-state index contributed by atoms with van der Waals surface area (Å²) in [4.78, 5) is 31.6. The molecular formula is C18H16BrFN2O2. The number of aliphatic imine (C=N–C) groups is 1. The van der Waals surface area contributed by atoms with Crippen LogP contribution in [0.15, 0.2) is 39.1 Å². The molecule has 0 amide bonds. The van der Waals surface area contributed by atoms with Crippen molar-refractivity contribution in [3.63, 3.8) is 0 Å². The Morgan fingerprint density at radius 3 is 2.71 bits per heavy atom. The number of hydrogen-bond acceptors (Lipinski definition) is 4. The summed E-state index contributed by atoms with van der Waals surface area (Å²) in [6, 6.07) is 4.08. The highest BCUT2D eigenvalue weighted by Gasteiger charge is 2.42. The van der Waals surface area contributed by atoms with Crippen molar-refractivity contribution < 1.29 is 14.0 Å². The zero-order valence-corrected chi connectivity index (χ0v) is 14.6. The number of nitrogens with zero attached hydrogens (tertiary/aromatic N) is 2. The number of carbonyl (C=O) groups is 2. The lowest BCUT2D eigenvalue weighted by atomic mass is 9.86. The van der Waals surface area contributed by atoms with Crippen LogP contribution >= 0.6 is 15.9 Å². The number of fused-ring (bicyclic) bond motifs is 1. The van der Waals surface area contributed by atoms with Crippen LogP contribution in [0, 0.1) is 5.82 Å². The fourth-order valence-corrected chi connectivity index (χ4v) is 4.09. The van der Waals surface area contributed by atoms with Gasteiger partial charge in [0, 0.05) is 24.2 Å². The molecule has 124 valence electrons. The lowest BCUT2D eigenvalue weighted by Gasteiger charge is -2.41. The Kier molecular flexibility index (Phi) is 3.87. The summed E-state index contributed by atoms with van der Waals surface area (Å²) in [5.74, 6) is -0.285. The molecule has 1 aliphatic heterocycles. The molecule has 24 heavy (non-hydrogen) atoms. The Hall–Kier alpha value is -1.82. The number of benzene rings is 1. The molecule has 1 unspecified atom stereocenters. The first-order chi connectivity index (χ1) is 11.6. The van der Waals surface area contributed by atoms with Crippen LogP contribution in [0.25, 0.3) is 0 Å². The summed E-state index contributed by atoms with van der Waals surface area (Å²) >= 11 is 3.20. The molecule has 1 saturated carbocycles. The van der Waals surface area contributed by atoms with Gasteiger partial charge in [0.25, 0.3) is 0 Å². The maximum absolute atomic E-state index is 13.7. The van der Waals surface area contributed by atoms with Crippen LogP contribution < -0.4 is 4.90 Å². The van der Waals surface area contributed by atoms with Crippen molar-refractivity contribution in [3.8, 4) is 0 Å². The standard InChI is InChI=1S/C18H16BrFN2O2/c19-11-9-10(7-8-12(11)20)22-17-13(3-1-5-15(17)23)21-14-4-2-6-16(24)18(14)22/h7-9,17H,1-6H2. The van der Waals surface area contributed by atoms with Crippen LogP contribution in [-0.4, -0.2) is 23.3 Å². The third-order valence-electron chi connectivity index (χ3n) is 4.79. The van der Waals surface area contributed by atoms with E-state index < -0.39 is 6.04 Å². The topological polar surface area (TPSA) is 49.7 Å². The van der Waals surface area contributed by atoms with Crippen LogP contribution in [-0.2, 0) is 9.59 Å². The maximum Gasteiger partial charge on any atom is 0.181 e. The van der Waals surface area contributed by atoms with Crippen LogP contribution in [0.1, 0.15) is 38.5 Å². The summed E-state index contributed by atoms with van der Waals surface area (Å²) in [5, 5.41) is 0. The quantitative estimate of drug-likeness (QED) is 0.729. The Morgan fingerprint density at radius 1 is 1.12 bits per heavy atom. The highest BCUT2D eigenvalue weighted by molar-refractivity contribution is 9.10. The zero-order chi connectivity index (χ0) is 16.8. The second-order valence-electron chi connectivity index (χ2n) is 6.37. The molecule has 0 N–H and O–H groups in total. The van der Waals surface area contributed by atoms with Gasteiger partial charge in [-0.15, -0.1) is 0 Å². The van der Waals surface area contributed by atoms with E-state index in [4.69, 9.17) is 0 Å². The molecule has 0 spiro atoms. The Morgan fingerprint density at radius 2 is 1.92 bits per heavy atom. The molecule has 4 rings (SSSR count). The molecule has 0 saturated heterocycles. The van der Waals surface area contributed by atoms with E-state index in [1.165, 1.54) is 6.07 Å². The van der Waals surface area contributed by atoms with Crippen molar-refractivity contribution in [3.05, 3.63) is 39.9 Å². The molecule has 0 aromatic heterocycles. The second-order valence-corrected chi connectivity index (χ2v) is 7.22. The number of Topliss-reactive ketones (excluding diaryl/α,β-unsaturated/α-hetero) is 2. The predicted molar refractivity (Wildman–Crippen MR) is 92.5 cm³/mol. The number of hydrogen-bond donors (Lipinski definition) is 0. The number of carbonyl (C=O) groups excluding carboxylic acids is 2. The number of allylic oxidation sites excluding steroid dienone is 2. The minimum absolute atomic E-state index is 0.0119. The first kappa shape index (κ1) is 15.7. The lowest BCUT2D eigenvalue weighted by Crippen LogP contribution is -2.52. The third-order valence-corrected chi connectivity index (χ3v) is 5.40. The van der Waals surface area contributed by atoms with Gasteiger partial charge in [-0.25, -0.2) is 4.39 Å². The van der Waals surface area contributed by atoms with Gasteiger partial charge in [-0.2, -0.15) is 0 Å². The predicted octanol–water partition coefficient (Wildman–Crippen LogP) is 3.94. The van der Waals surface area contributed by atoms with E-state index in [-0.39, 0.29) is 17.4 Å². The van der Waals surface area contributed by atoms with E-state index in [9.17, 15) is 14.0 Å². The van der Waals surface area contributed by atoms with Crippen molar-refractivity contribution in [1.29, 1.82) is 0 Å². The fraction of sp³-hybridized carbons (Fsp3) is 0.389. The molecule has 1 heterocycles. The molecule has 4 nitrogen and oxygen atoms in total. The highest BCUT2D eigenvalue weighted by atomic mass is 79.9. The smallest absolute Gasteiger partial charge is 0.181 e. The van der Waals surface area contributed by atoms with Gasteiger partial charge in [-0.05, 0) is 59.8 Å². The van der Waals surface area contributed by atoms with Gasteiger partial charge >= 0.3 is 0 Å². The van der Waals surface area contributed by atoms with Crippen LogP contribution in [0.4, 0.5) is 10.1 Å². The van der Waals surface area contributed by atoms with Crippen LogP contribution in [0.5, 0.6) is 0 Å². The molecule has 0 bridgehead atoms. The van der Waals surface area contributed by atoms with Crippen molar-refractivity contribution in [2.45, 2.75) is 44.6 Å². The van der Waals surface area contributed by atoms with Gasteiger partial charge in [-0.1, -0.05) is 0 Å². The number of rotatable bonds is 1. The van der Waals surface area contributed by atoms with Crippen molar-refractivity contribution in [2.75, 3.05) is 4.90 Å². The van der Waals surface area contributed by atoms with E-state index in [0.29, 0.717) is 28.7 Å². The average molecular weight is 391 g/mol. The Labute approximate surface area is 147 Å². The van der Waals surface area contributed by atoms with E-state index in [1.54, 1.807) is 17.0 Å². The number of ketones is 2. The SMILES string of the molecule is O=C1CCCC2=C1N(c1ccc(F)c(Br)c1)C1C(=O)CCCC1=N2. The summed E-state index contributed by atoms with van der Waals surface area (Å²) in [5.41, 5.74) is 2.77. The molecule has 1 aromatic rings. The van der Waals surface area contributed by atoms with Gasteiger partial charge in [0.2, 0.25) is 0 Å². The van der Waals surface area contributed by atoms with Crippen LogP contribution in [0.3, 0.4) is 0 Å². The Balaban J connectivity index is 1.91. The first-order valence-corrected chi connectivity index (χ1v) is 8.96. The largest absolute Gasteiger partial charge is 0.321 e. The molecule has 1 aromatic carbocycles. The van der Waals surface area contributed by atoms with E-state index in [2.05, 4.69) is 20.9 Å². The second kappa shape index (κ2) is 5.92. The monoisotopic (exact) mass is 390 g/mol. The summed E-state index contributed by atoms with van der Waals surface area (Å²) < 4.78 is 14.0. The van der Waals surface area contributed by atoms with Crippen molar-refractivity contribution in [2.24, 2.45) is 4.99 Å². The molecular weight excluding hydrogens is 375 g/mol. The minimum Gasteiger partial charge on any atom is -0.321 e. The van der Waals surface area contributed by atoms with Crippen LogP contribution in [0.2, 0.25) is 0 Å². The molecule has 1 atom stereocenters. The minimum atomic E-state index is -0.531. The van der Waals surface area contributed by atoms with E-state index >= 15 is 0 Å². The lowest BCUT2D eigenvalue weighted by molar-refractivity contribution is -0.119. The number of anilines is 1. The van der Waals surface area contributed by atoms with Crippen molar-refractivity contribution in [1.82, 2.24) is 0 Å². The van der Waals surface area contributed by atoms with Gasteiger partial charge in [0.1, 0.15) is 17.6 Å². The number of halogens is 2. The molecule has 2 aliphatic carbocycles. The van der Waals surface area contributed by atoms with Gasteiger partial charge in [-0.3, -0.25) is 14.6 Å². The van der Waals surface area contributed by atoms with Gasteiger partial charge in [0.15, 0.2) is 11.6 Å². The molecule has 3 aliphatic rings. The van der Waals surface area contributed by atoms with E-state index in [0.717, 1.165) is 37.1 Å². The summed E-state index contributed by atoms with van der Waals surface area (Å²) in [6.07, 6.45) is 4.03. The molecule has 0 radical (unpaired) electrons. The molecule has 6 heteroatoms. The average Bonchev–Trinajstić information content (AvgIpc) is 2.56. The summed E-state index contributed by atoms with van der Waals surface area (Å²) in [7, 11) is 0. The first-order valence-electron chi connectivity index (χ1n) is 8.17. The fourth-order valence-electron chi connectivity index (χ4n) is 3.72. The van der Waals surface area contributed by atoms with E-state index in [1.807, 2.05) is 0 Å². The summed E-state index contributed by atoms with van der Waals surface area (Å²) in [6.45, 7) is 0. The van der Waals surface area contributed by atoms with Gasteiger partial charge < -0.3 is 4.90 Å². The Bertz CT molecular complexity index is 815. The van der Waals surface area contributed by atoms with Gasteiger partial charge in [0.05, 0.1) is 10.2 Å². The molecule has 1 fully saturated rings. The zero-order valence-electron chi connectivity index (χ0n) is 13.0. The normalized spacial score (nSPS) is 23.8. The maximum atomic E-state index is 13.7. The van der Waals surface area contributed by atoms with Crippen molar-refractivity contribution >= 4 is 38.9 Å².